The van der Waals surface area contributed by atoms with Crippen molar-refractivity contribution in [2.75, 3.05) is 13.2 Å². The van der Waals surface area contributed by atoms with Crippen LogP contribution in [0.15, 0.2) is 36.5 Å². The lowest BCUT2D eigenvalue weighted by atomic mass is 10.0. The summed E-state index contributed by atoms with van der Waals surface area (Å²) in [5, 5.41) is 23.1. The lowest BCUT2D eigenvalue weighted by Crippen LogP contribution is -2.45. The van der Waals surface area contributed by atoms with Gasteiger partial charge in [0.1, 0.15) is 0 Å². The first-order valence-electron chi connectivity index (χ1n) is 27.8. The van der Waals surface area contributed by atoms with E-state index in [2.05, 4.69) is 43.5 Å². The number of esters is 1. The van der Waals surface area contributed by atoms with Crippen LogP contribution in [0.5, 0.6) is 0 Å². The number of rotatable bonds is 51. The molecule has 0 radical (unpaired) electrons. The molecule has 0 saturated carbocycles. The molecule has 0 bridgehead atoms. The SMILES string of the molecule is CCCCC/C=C\CCCCCCCC(=O)OCCCC/C=C\CCCCCCCC(=O)NC(CO)C(O)/C=C/CCCCCCCCCCCCCCCCCCCCCCC. The highest BCUT2D eigenvalue weighted by atomic mass is 16.5. The minimum atomic E-state index is -0.864. The Morgan fingerprint density at radius 2 is 0.746 bits per heavy atom. The number of hydrogen-bond donors (Lipinski definition) is 3. The van der Waals surface area contributed by atoms with Crippen LogP contribution in [-0.4, -0.2) is 47.4 Å². The summed E-state index contributed by atoms with van der Waals surface area (Å²) in [5.74, 6) is -0.139. The summed E-state index contributed by atoms with van der Waals surface area (Å²) >= 11 is 0. The van der Waals surface area contributed by atoms with Crippen molar-refractivity contribution in [1.29, 1.82) is 0 Å². The smallest absolute Gasteiger partial charge is 0.305 e. The Morgan fingerprint density at radius 1 is 0.429 bits per heavy atom. The lowest BCUT2D eigenvalue weighted by molar-refractivity contribution is -0.143. The van der Waals surface area contributed by atoms with Gasteiger partial charge in [-0.15, -0.1) is 0 Å². The number of aliphatic hydroxyl groups is 2. The number of aliphatic hydroxyl groups excluding tert-OH is 2. The Kier molecular flexibility index (Phi) is 51.1. The Balaban J connectivity index is 3.55. The van der Waals surface area contributed by atoms with Gasteiger partial charge in [-0.1, -0.05) is 230 Å². The molecule has 6 heteroatoms. The number of allylic oxidation sites excluding steroid dienone is 5. The van der Waals surface area contributed by atoms with E-state index >= 15 is 0 Å². The van der Waals surface area contributed by atoms with Crippen molar-refractivity contribution in [1.82, 2.24) is 5.32 Å². The maximum Gasteiger partial charge on any atom is 0.305 e. The zero-order chi connectivity index (χ0) is 45.8. The third-order valence-electron chi connectivity index (χ3n) is 12.6. The molecule has 0 spiro atoms. The van der Waals surface area contributed by atoms with Crippen molar-refractivity contribution in [3.63, 3.8) is 0 Å². The van der Waals surface area contributed by atoms with E-state index in [1.165, 1.54) is 180 Å². The summed E-state index contributed by atoms with van der Waals surface area (Å²) in [7, 11) is 0. The van der Waals surface area contributed by atoms with Gasteiger partial charge in [0.2, 0.25) is 5.91 Å². The molecule has 370 valence electrons. The third-order valence-corrected chi connectivity index (χ3v) is 12.6. The molecule has 2 atom stereocenters. The van der Waals surface area contributed by atoms with Crippen LogP contribution in [0.2, 0.25) is 0 Å². The number of amides is 1. The van der Waals surface area contributed by atoms with E-state index < -0.39 is 12.1 Å². The molecule has 0 aliphatic rings. The van der Waals surface area contributed by atoms with Crippen molar-refractivity contribution in [3.05, 3.63) is 36.5 Å². The van der Waals surface area contributed by atoms with Gasteiger partial charge in [-0.05, 0) is 83.5 Å². The number of carbonyl (C=O) groups excluding carboxylic acids is 2. The highest BCUT2D eigenvalue weighted by Gasteiger charge is 2.18. The van der Waals surface area contributed by atoms with Crippen LogP contribution in [0.3, 0.4) is 0 Å². The highest BCUT2D eigenvalue weighted by Crippen LogP contribution is 2.16. The van der Waals surface area contributed by atoms with Crippen molar-refractivity contribution in [2.45, 2.75) is 302 Å². The first-order valence-corrected chi connectivity index (χ1v) is 27.8. The van der Waals surface area contributed by atoms with Gasteiger partial charge in [0, 0.05) is 12.8 Å². The Labute approximate surface area is 392 Å². The quantitative estimate of drug-likeness (QED) is 0.0321. The minimum Gasteiger partial charge on any atom is -0.466 e. The molecule has 2 unspecified atom stereocenters. The zero-order valence-corrected chi connectivity index (χ0v) is 42.1. The van der Waals surface area contributed by atoms with Gasteiger partial charge in [-0.2, -0.15) is 0 Å². The largest absolute Gasteiger partial charge is 0.466 e. The molecular weight excluding hydrogens is 779 g/mol. The molecule has 0 fully saturated rings. The molecule has 0 aliphatic carbocycles. The molecule has 0 heterocycles. The van der Waals surface area contributed by atoms with Crippen LogP contribution in [0.4, 0.5) is 0 Å². The predicted molar refractivity (Wildman–Crippen MR) is 273 cm³/mol. The highest BCUT2D eigenvalue weighted by molar-refractivity contribution is 5.76. The van der Waals surface area contributed by atoms with E-state index in [4.69, 9.17) is 4.74 Å². The van der Waals surface area contributed by atoms with E-state index in [0.29, 0.717) is 19.4 Å². The van der Waals surface area contributed by atoms with Gasteiger partial charge < -0.3 is 20.3 Å². The maximum atomic E-state index is 12.5. The van der Waals surface area contributed by atoms with Gasteiger partial charge in [-0.25, -0.2) is 0 Å². The second-order valence-electron chi connectivity index (χ2n) is 18.9. The minimum absolute atomic E-state index is 0.0430. The van der Waals surface area contributed by atoms with E-state index in [9.17, 15) is 19.8 Å². The summed E-state index contributed by atoms with van der Waals surface area (Å²) in [6.07, 6.45) is 64.5. The van der Waals surface area contributed by atoms with Crippen LogP contribution >= 0.6 is 0 Å². The van der Waals surface area contributed by atoms with Crippen LogP contribution in [0.25, 0.3) is 0 Å². The Hall–Kier alpha value is -1.92. The van der Waals surface area contributed by atoms with Gasteiger partial charge in [0.25, 0.3) is 0 Å². The molecule has 0 aliphatic heterocycles. The number of hydrogen-bond acceptors (Lipinski definition) is 5. The zero-order valence-electron chi connectivity index (χ0n) is 42.1. The monoisotopic (exact) mass is 886 g/mol. The first kappa shape index (κ1) is 61.1. The maximum absolute atomic E-state index is 12.5. The van der Waals surface area contributed by atoms with E-state index in [-0.39, 0.29) is 18.5 Å². The standard InChI is InChI=1S/C57H107NO5/c1-3-5-7-9-11-13-15-17-18-19-20-21-22-23-24-25-26-27-29-33-37-41-45-49-55(60)54(53-59)58-56(61)50-46-42-38-34-30-28-32-36-40-44-48-52-63-57(62)51-47-43-39-35-31-16-14-12-10-8-6-4-2/h12,14,32,36,45,49,54-55,59-60H,3-11,13,15-31,33-35,37-44,46-48,50-53H2,1-2H3,(H,58,61)/b14-12-,36-32-,49-45+. The van der Waals surface area contributed by atoms with Crippen molar-refractivity contribution in [3.8, 4) is 0 Å². The molecule has 3 N–H and O–H groups in total. The fraction of sp³-hybridized carbons (Fsp3) is 0.860. The van der Waals surface area contributed by atoms with E-state index in [0.717, 1.165) is 83.5 Å². The first-order chi connectivity index (χ1) is 31.0. The molecule has 6 nitrogen and oxygen atoms in total. The summed E-state index contributed by atoms with van der Waals surface area (Å²) in [6, 6.07) is -0.650. The Bertz CT molecular complexity index is 1020. The third kappa shape index (κ3) is 49.4. The topological polar surface area (TPSA) is 95.9 Å². The molecule has 63 heavy (non-hydrogen) atoms. The van der Waals surface area contributed by atoms with Crippen molar-refractivity contribution >= 4 is 11.9 Å². The van der Waals surface area contributed by atoms with Crippen molar-refractivity contribution in [2.24, 2.45) is 0 Å². The summed E-state index contributed by atoms with van der Waals surface area (Å²) in [6.45, 7) is 4.80. The second-order valence-corrected chi connectivity index (χ2v) is 18.9. The summed E-state index contributed by atoms with van der Waals surface area (Å²) < 4.78 is 5.42. The fourth-order valence-corrected chi connectivity index (χ4v) is 8.33. The summed E-state index contributed by atoms with van der Waals surface area (Å²) in [4.78, 5) is 24.4. The van der Waals surface area contributed by atoms with Gasteiger partial charge >= 0.3 is 5.97 Å². The fourth-order valence-electron chi connectivity index (χ4n) is 8.33. The number of unbranched alkanes of at least 4 members (excludes halogenated alkanes) is 36. The van der Waals surface area contributed by atoms with Gasteiger partial charge in [0.15, 0.2) is 0 Å². The van der Waals surface area contributed by atoms with Crippen LogP contribution in [-0.2, 0) is 14.3 Å². The normalized spacial score (nSPS) is 12.9. The van der Waals surface area contributed by atoms with Gasteiger partial charge in [0.05, 0.1) is 25.4 Å². The molecule has 0 saturated heterocycles. The van der Waals surface area contributed by atoms with Gasteiger partial charge in [-0.3, -0.25) is 9.59 Å². The number of nitrogens with one attached hydrogen (secondary N) is 1. The van der Waals surface area contributed by atoms with Crippen molar-refractivity contribution < 1.29 is 24.5 Å². The Morgan fingerprint density at radius 3 is 1.16 bits per heavy atom. The van der Waals surface area contributed by atoms with Crippen LogP contribution < -0.4 is 5.32 Å². The number of carbonyl (C=O) groups is 2. The van der Waals surface area contributed by atoms with E-state index in [1.807, 2.05) is 6.08 Å². The molecule has 0 aromatic carbocycles. The van der Waals surface area contributed by atoms with Crippen LogP contribution in [0, 0.1) is 0 Å². The number of ether oxygens (including phenoxy) is 1. The molecule has 0 rings (SSSR count). The van der Waals surface area contributed by atoms with Crippen LogP contribution in [0.1, 0.15) is 290 Å². The second kappa shape index (κ2) is 52.7. The lowest BCUT2D eigenvalue weighted by Gasteiger charge is -2.20. The molecule has 0 aromatic heterocycles. The summed E-state index contributed by atoms with van der Waals surface area (Å²) in [5.41, 5.74) is 0. The molecular formula is C57H107NO5. The average Bonchev–Trinajstić information content (AvgIpc) is 3.28. The predicted octanol–water partition coefficient (Wildman–Crippen LogP) is 16.9. The molecule has 0 aromatic rings. The van der Waals surface area contributed by atoms with E-state index in [1.54, 1.807) is 6.08 Å². The molecule has 1 amide bonds. The average molecular weight is 886 g/mol.